The van der Waals surface area contributed by atoms with E-state index in [0.717, 1.165) is 24.7 Å². The zero-order valence-electron chi connectivity index (χ0n) is 13.2. The van der Waals surface area contributed by atoms with Crippen LogP contribution in [0.3, 0.4) is 0 Å². The maximum absolute atomic E-state index is 12.0. The number of ether oxygens (including phenoxy) is 1. The number of hydrogen-bond donors (Lipinski definition) is 0. The number of morpholine rings is 1. The fraction of sp³-hybridized carbons (Fsp3) is 0.333. The molecule has 0 N–H and O–H groups in total. The van der Waals surface area contributed by atoms with Crippen LogP contribution in [0.2, 0.25) is 0 Å². The molecule has 1 fully saturated rings. The molecule has 1 aromatic rings. The van der Waals surface area contributed by atoms with Crippen LogP contribution >= 0.6 is 11.8 Å². The quantitative estimate of drug-likeness (QED) is 0.800. The van der Waals surface area contributed by atoms with Gasteiger partial charge in [0.05, 0.1) is 18.1 Å². The molecule has 0 saturated carbocycles. The molecule has 1 aromatic carbocycles. The van der Waals surface area contributed by atoms with E-state index in [1.807, 2.05) is 12.2 Å². The molecule has 1 saturated heterocycles. The second-order valence-corrected chi connectivity index (χ2v) is 6.56. The number of carbonyl (C=O) groups excluding carboxylic acids is 1. The molecule has 23 heavy (non-hydrogen) atoms. The van der Waals surface area contributed by atoms with Crippen molar-refractivity contribution < 1.29 is 9.53 Å². The molecule has 2 heterocycles. The van der Waals surface area contributed by atoms with E-state index >= 15 is 0 Å². The van der Waals surface area contributed by atoms with Crippen molar-refractivity contribution >= 4 is 22.8 Å². The predicted octanol–water partition coefficient (Wildman–Crippen LogP) is 2.94. The number of aryl methyl sites for hydroxylation is 1. The molecular formula is C18H20N2O2S. The van der Waals surface area contributed by atoms with Gasteiger partial charge in [-0.05, 0) is 36.7 Å². The van der Waals surface area contributed by atoms with Crippen LogP contribution in [0.15, 0.2) is 52.4 Å². The van der Waals surface area contributed by atoms with E-state index in [1.54, 1.807) is 0 Å². The first-order valence-electron chi connectivity index (χ1n) is 7.78. The van der Waals surface area contributed by atoms with Gasteiger partial charge in [0.2, 0.25) is 0 Å². The molecule has 120 valence electrons. The molecule has 0 spiro atoms. The van der Waals surface area contributed by atoms with Crippen molar-refractivity contribution in [2.45, 2.75) is 13.3 Å². The number of nitrogens with zero attached hydrogens (tertiary/aromatic N) is 2. The third-order valence-corrected chi connectivity index (χ3v) is 4.77. The summed E-state index contributed by atoms with van der Waals surface area (Å²) in [6.07, 6.45) is 6.74. The van der Waals surface area contributed by atoms with Gasteiger partial charge in [-0.2, -0.15) is 4.99 Å². The van der Waals surface area contributed by atoms with Crippen molar-refractivity contribution in [2.75, 3.05) is 26.3 Å². The summed E-state index contributed by atoms with van der Waals surface area (Å²) in [5.41, 5.74) is 2.54. The van der Waals surface area contributed by atoms with Gasteiger partial charge in [-0.25, -0.2) is 0 Å². The highest BCUT2D eigenvalue weighted by Gasteiger charge is 2.26. The van der Waals surface area contributed by atoms with Gasteiger partial charge in [-0.15, -0.1) is 0 Å². The van der Waals surface area contributed by atoms with Crippen molar-refractivity contribution in [3.8, 4) is 0 Å². The Bertz CT molecular complexity index is 673. The summed E-state index contributed by atoms with van der Waals surface area (Å²) < 4.78 is 5.33. The van der Waals surface area contributed by atoms with Crippen LogP contribution in [0.25, 0.3) is 0 Å². The van der Waals surface area contributed by atoms with Crippen molar-refractivity contribution in [1.29, 1.82) is 0 Å². The molecular weight excluding hydrogens is 308 g/mol. The molecule has 0 atom stereocenters. The highest BCUT2D eigenvalue weighted by atomic mass is 32.2. The average molecular weight is 328 g/mol. The van der Waals surface area contributed by atoms with E-state index in [2.05, 4.69) is 47.2 Å². The normalized spacial score (nSPS) is 20.6. The summed E-state index contributed by atoms with van der Waals surface area (Å²) in [4.78, 5) is 18.9. The molecule has 4 nitrogen and oxygen atoms in total. The number of rotatable bonds is 3. The summed E-state index contributed by atoms with van der Waals surface area (Å²) in [5, 5.41) is 0.802. The number of thioether (sulfide) groups is 1. The van der Waals surface area contributed by atoms with E-state index in [0.29, 0.717) is 18.1 Å². The van der Waals surface area contributed by atoms with Gasteiger partial charge in [0.1, 0.15) is 0 Å². The third kappa shape index (κ3) is 4.33. The maximum Gasteiger partial charge on any atom is 0.286 e. The minimum atomic E-state index is -0.142. The molecule has 2 aliphatic heterocycles. The minimum Gasteiger partial charge on any atom is -0.378 e. The van der Waals surface area contributed by atoms with Crippen LogP contribution < -0.4 is 0 Å². The lowest BCUT2D eigenvalue weighted by atomic mass is 10.1. The van der Waals surface area contributed by atoms with E-state index in [4.69, 9.17) is 4.74 Å². The topological polar surface area (TPSA) is 41.9 Å². The van der Waals surface area contributed by atoms with Gasteiger partial charge in [-0.3, -0.25) is 4.79 Å². The van der Waals surface area contributed by atoms with Gasteiger partial charge in [0.25, 0.3) is 5.91 Å². The zero-order chi connectivity index (χ0) is 16.1. The standard InChI is InChI=1S/C18H20N2O2S/c1-14-5-4-7-15(13-14)6-2-3-8-16-17(21)19-18(23-16)20-9-11-22-12-10-20/h2-5,7-8,13H,6,9-12H2,1H3. The Labute approximate surface area is 140 Å². The Morgan fingerprint density at radius 2 is 2.17 bits per heavy atom. The third-order valence-electron chi connectivity index (χ3n) is 3.71. The maximum atomic E-state index is 12.0. The SMILES string of the molecule is Cc1cccc(CC=CC=C2SC(N3CCOCC3)=NC2=O)c1. The number of amides is 1. The van der Waals surface area contributed by atoms with Crippen LogP contribution in [0, 0.1) is 6.92 Å². The number of allylic oxidation sites excluding steroid dienone is 3. The van der Waals surface area contributed by atoms with Crippen molar-refractivity contribution in [3.05, 3.63) is 58.5 Å². The largest absolute Gasteiger partial charge is 0.378 e. The smallest absolute Gasteiger partial charge is 0.286 e. The number of amidine groups is 1. The first kappa shape index (κ1) is 16.0. The van der Waals surface area contributed by atoms with Gasteiger partial charge in [0.15, 0.2) is 5.17 Å². The van der Waals surface area contributed by atoms with Crippen LogP contribution in [0.4, 0.5) is 0 Å². The van der Waals surface area contributed by atoms with Crippen LogP contribution in [0.1, 0.15) is 11.1 Å². The average Bonchev–Trinajstić information content (AvgIpc) is 2.94. The first-order chi connectivity index (χ1) is 11.2. The lowest BCUT2D eigenvalue weighted by molar-refractivity contribution is -0.113. The first-order valence-corrected chi connectivity index (χ1v) is 8.60. The van der Waals surface area contributed by atoms with Crippen LogP contribution in [0.5, 0.6) is 0 Å². The van der Waals surface area contributed by atoms with Gasteiger partial charge >= 0.3 is 0 Å². The van der Waals surface area contributed by atoms with Gasteiger partial charge in [-0.1, -0.05) is 42.0 Å². The number of aliphatic imine (C=N–C) groups is 1. The number of hydrogen-bond acceptors (Lipinski definition) is 4. The second-order valence-electron chi connectivity index (χ2n) is 5.55. The van der Waals surface area contributed by atoms with Gasteiger partial charge in [0, 0.05) is 13.1 Å². The Balaban J connectivity index is 1.56. The molecule has 0 radical (unpaired) electrons. The van der Waals surface area contributed by atoms with E-state index in [-0.39, 0.29) is 5.91 Å². The van der Waals surface area contributed by atoms with E-state index in [1.165, 1.54) is 22.9 Å². The van der Waals surface area contributed by atoms with E-state index in [9.17, 15) is 4.79 Å². The lowest BCUT2D eigenvalue weighted by Gasteiger charge is -2.27. The van der Waals surface area contributed by atoms with Crippen molar-refractivity contribution in [3.63, 3.8) is 0 Å². The molecule has 2 aliphatic rings. The Kier molecular flexibility index (Phi) is 5.31. The Hall–Kier alpha value is -1.85. The summed E-state index contributed by atoms with van der Waals surface area (Å²) in [6, 6.07) is 8.44. The van der Waals surface area contributed by atoms with Crippen LogP contribution in [-0.2, 0) is 16.0 Å². The summed E-state index contributed by atoms with van der Waals surface area (Å²) >= 11 is 1.45. The zero-order valence-corrected chi connectivity index (χ0v) is 14.0. The van der Waals surface area contributed by atoms with Gasteiger partial charge < -0.3 is 9.64 Å². The summed E-state index contributed by atoms with van der Waals surface area (Å²) in [7, 11) is 0. The minimum absolute atomic E-state index is 0.142. The summed E-state index contributed by atoms with van der Waals surface area (Å²) in [6.45, 7) is 5.09. The number of benzene rings is 1. The highest BCUT2D eigenvalue weighted by Crippen LogP contribution is 2.28. The van der Waals surface area contributed by atoms with E-state index < -0.39 is 0 Å². The predicted molar refractivity (Wildman–Crippen MR) is 94.5 cm³/mol. The fourth-order valence-electron chi connectivity index (χ4n) is 2.50. The Morgan fingerprint density at radius 1 is 1.35 bits per heavy atom. The summed E-state index contributed by atoms with van der Waals surface area (Å²) in [5.74, 6) is -0.142. The number of carbonyl (C=O) groups is 1. The monoisotopic (exact) mass is 328 g/mol. The molecule has 1 amide bonds. The molecule has 0 bridgehead atoms. The highest BCUT2D eigenvalue weighted by molar-refractivity contribution is 8.18. The molecule has 0 aliphatic carbocycles. The molecule has 3 rings (SSSR count). The lowest BCUT2D eigenvalue weighted by Crippen LogP contribution is -2.38. The molecule has 0 unspecified atom stereocenters. The van der Waals surface area contributed by atoms with Crippen molar-refractivity contribution in [1.82, 2.24) is 4.90 Å². The van der Waals surface area contributed by atoms with Crippen LogP contribution in [-0.4, -0.2) is 42.3 Å². The Morgan fingerprint density at radius 3 is 2.96 bits per heavy atom. The van der Waals surface area contributed by atoms with Crippen molar-refractivity contribution in [2.24, 2.45) is 4.99 Å². The molecule has 5 heteroatoms. The second kappa shape index (κ2) is 7.62. The fourth-order valence-corrected chi connectivity index (χ4v) is 3.42. The molecule has 0 aromatic heterocycles.